The van der Waals surface area contributed by atoms with Gasteiger partial charge in [-0.25, -0.2) is 8.42 Å². The maximum absolute atomic E-state index is 13.2. The van der Waals surface area contributed by atoms with E-state index in [4.69, 9.17) is 16.3 Å². The summed E-state index contributed by atoms with van der Waals surface area (Å²) in [4.78, 5) is 22.9. The number of anilines is 1. The number of benzene rings is 3. The summed E-state index contributed by atoms with van der Waals surface area (Å²) in [6.45, 7) is 1.62. The van der Waals surface area contributed by atoms with Gasteiger partial charge in [0, 0.05) is 17.2 Å². The summed E-state index contributed by atoms with van der Waals surface area (Å²) in [5.41, 5.74) is 0.835. The number of nitro benzene ring substituents is 1. The molecule has 0 radical (unpaired) electrons. The van der Waals surface area contributed by atoms with Gasteiger partial charge in [0.05, 0.1) is 22.1 Å². The van der Waals surface area contributed by atoms with Gasteiger partial charge < -0.3 is 10.1 Å². The van der Waals surface area contributed by atoms with Crippen LogP contribution in [0.25, 0.3) is 0 Å². The highest BCUT2D eigenvalue weighted by atomic mass is 35.5. The number of hydrogen-bond acceptors (Lipinski definition) is 6. The molecule has 0 aliphatic carbocycles. The van der Waals surface area contributed by atoms with Crippen LogP contribution in [0, 0.1) is 17.0 Å². The maximum Gasteiger partial charge on any atom is 0.269 e. The summed E-state index contributed by atoms with van der Waals surface area (Å²) in [5.74, 6) is -0.0209. The highest BCUT2D eigenvalue weighted by Crippen LogP contribution is 2.26. The van der Waals surface area contributed by atoms with Gasteiger partial charge >= 0.3 is 0 Å². The van der Waals surface area contributed by atoms with Crippen molar-refractivity contribution in [3.05, 3.63) is 93.5 Å². The Bertz CT molecular complexity index is 1270. The van der Waals surface area contributed by atoms with Crippen LogP contribution in [0.3, 0.4) is 0 Å². The highest BCUT2D eigenvalue weighted by molar-refractivity contribution is 7.92. The van der Waals surface area contributed by atoms with Gasteiger partial charge in [0.25, 0.3) is 15.7 Å². The van der Waals surface area contributed by atoms with E-state index in [1.165, 1.54) is 36.4 Å². The summed E-state index contributed by atoms with van der Waals surface area (Å²) in [6, 6.07) is 17.8. The molecular formula is C23H22ClN3O6S. The van der Waals surface area contributed by atoms with Gasteiger partial charge in [0.2, 0.25) is 5.91 Å². The minimum Gasteiger partial charge on any atom is -0.492 e. The number of ether oxygens (including phenoxy) is 1. The molecular weight excluding hydrogens is 482 g/mol. The lowest BCUT2D eigenvalue weighted by molar-refractivity contribution is -0.384. The van der Waals surface area contributed by atoms with Crippen LogP contribution in [0.5, 0.6) is 5.75 Å². The molecule has 0 saturated heterocycles. The fraction of sp³-hybridized carbons (Fsp3) is 0.174. The first kappa shape index (κ1) is 25.0. The second-order valence-electron chi connectivity index (χ2n) is 7.21. The lowest BCUT2D eigenvalue weighted by atomic mass is 10.2. The number of amides is 1. The van der Waals surface area contributed by atoms with Crippen molar-refractivity contribution < 1.29 is 22.9 Å². The van der Waals surface area contributed by atoms with Crippen LogP contribution in [0.1, 0.15) is 5.56 Å². The van der Waals surface area contributed by atoms with Crippen molar-refractivity contribution in [1.82, 2.24) is 5.32 Å². The third-order valence-corrected chi connectivity index (χ3v) is 7.00. The van der Waals surface area contributed by atoms with Crippen molar-refractivity contribution >= 4 is 38.9 Å². The molecule has 0 aliphatic heterocycles. The number of non-ortho nitro benzene ring substituents is 1. The standard InChI is InChI=1S/C23H22ClN3O6S/c1-17-7-12-20(15-22(17)24)33-14-13-25-23(28)16-26(18-8-10-19(11-9-18)27(29)30)34(31,32)21-5-3-2-4-6-21/h2-12,15H,13-14,16H2,1H3,(H,25,28). The second kappa shape index (κ2) is 11.0. The van der Waals surface area contributed by atoms with Crippen molar-refractivity contribution in [3.63, 3.8) is 0 Å². The summed E-state index contributed by atoms with van der Waals surface area (Å²) in [7, 11) is -4.11. The molecule has 178 valence electrons. The number of halogens is 1. The number of nitrogens with zero attached hydrogens (tertiary/aromatic N) is 2. The third-order valence-electron chi connectivity index (χ3n) is 4.80. The number of hydrogen-bond donors (Lipinski definition) is 1. The zero-order valence-electron chi connectivity index (χ0n) is 18.2. The molecule has 11 heteroatoms. The molecule has 9 nitrogen and oxygen atoms in total. The highest BCUT2D eigenvalue weighted by Gasteiger charge is 2.27. The van der Waals surface area contributed by atoms with Gasteiger partial charge in [0.1, 0.15) is 18.9 Å². The van der Waals surface area contributed by atoms with E-state index < -0.39 is 27.4 Å². The summed E-state index contributed by atoms with van der Waals surface area (Å²) in [6.07, 6.45) is 0. The van der Waals surface area contributed by atoms with E-state index in [-0.39, 0.29) is 29.4 Å². The minimum absolute atomic E-state index is 0.0132. The van der Waals surface area contributed by atoms with E-state index in [0.717, 1.165) is 9.87 Å². The predicted molar refractivity (Wildman–Crippen MR) is 129 cm³/mol. The largest absolute Gasteiger partial charge is 0.492 e. The summed E-state index contributed by atoms with van der Waals surface area (Å²) < 4.78 is 32.9. The lowest BCUT2D eigenvalue weighted by Gasteiger charge is -2.24. The summed E-state index contributed by atoms with van der Waals surface area (Å²) in [5, 5.41) is 14.1. The molecule has 3 rings (SSSR count). The van der Waals surface area contributed by atoms with E-state index in [9.17, 15) is 23.3 Å². The average molecular weight is 504 g/mol. The molecule has 1 N–H and O–H groups in total. The number of aryl methyl sites for hydroxylation is 1. The van der Waals surface area contributed by atoms with Crippen LogP contribution >= 0.6 is 11.6 Å². The molecule has 3 aromatic carbocycles. The van der Waals surface area contributed by atoms with Crippen LogP contribution in [0.15, 0.2) is 77.7 Å². The zero-order chi connectivity index (χ0) is 24.7. The molecule has 0 unspecified atom stereocenters. The minimum atomic E-state index is -4.11. The lowest BCUT2D eigenvalue weighted by Crippen LogP contribution is -2.41. The molecule has 0 bridgehead atoms. The Morgan fingerprint density at radius 2 is 1.76 bits per heavy atom. The smallest absolute Gasteiger partial charge is 0.269 e. The predicted octanol–water partition coefficient (Wildman–Crippen LogP) is 3.95. The van der Waals surface area contributed by atoms with Crippen LogP contribution in [0.4, 0.5) is 11.4 Å². The van der Waals surface area contributed by atoms with Crippen LogP contribution in [0.2, 0.25) is 5.02 Å². The number of carbonyl (C=O) groups is 1. The molecule has 0 fully saturated rings. The van der Waals surface area contributed by atoms with Crippen LogP contribution < -0.4 is 14.4 Å². The van der Waals surface area contributed by atoms with Crippen molar-refractivity contribution in [2.75, 3.05) is 24.0 Å². The second-order valence-corrected chi connectivity index (χ2v) is 9.48. The van der Waals surface area contributed by atoms with Crippen LogP contribution in [-0.4, -0.2) is 38.9 Å². The number of nitro groups is 1. The topological polar surface area (TPSA) is 119 Å². The Balaban J connectivity index is 1.71. The molecule has 0 heterocycles. The first-order valence-corrected chi connectivity index (χ1v) is 12.0. The van der Waals surface area contributed by atoms with E-state index in [0.29, 0.717) is 10.8 Å². The Hall–Kier alpha value is -3.63. The number of carbonyl (C=O) groups excluding carboxylic acids is 1. The van der Waals surface area contributed by atoms with Crippen molar-refractivity contribution in [2.24, 2.45) is 0 Å². The van der Waals surface area contributed by atoms with Gasteiger partial charge in [-0.2, -0.15) is 0 Å². The number of rotatable bonds is 10. The molecule has 1 amide bonds. The van der Waals surface area contributed by atoms with Crippen LogP contribution in [-0.2, 0) is 14.8 Å². The van der Waals surface area contributed by atoms with E-state index in [1.807, 2.05) is 13.0 Å². The van der Waals surface area contributed by atoms with Crippen molar-refractivity contribution in [1.29, 1.82) is 0 Å². The van der Waals surface area contributed by atoms with Gasteiger partial charge in [0.15, 0.2) is 0 Å². The van der Waals surface area contributed by atoms with Gasteiger partial charge in [-0.1, -0.05) is 35.9 Å². The van der Waals surface area contributed by atoms with Gasteiger partial charge in [-0.05, 0) is 48.9 Å². The molecule has 0 atom stereocenters. The van der Waals surface area contributed by atoms with E-state index >= 15 is 0 Å². The summed E-state index contributed by atoms with van der Waals surface area (Å²) >= 11 is 6.06. The molecule has 0 spiro atoms. The average Bonchev–Trinajstić information content (AvgIpc) is 2.83. The SMILES string of the molecule is Cc1ccc(OCCNC(=O)CN(c2ccc([N+](=O)[O-])cc2)S(=O)(=O)c2ccccc2)cc1Cl. The maximum atomic E-state index is 13.2. The van der Waals surface area contributed by atoms with E-state index in [1.54, 1.807) is 30.3 Å². The van der Waals surface area contributed by atoms with Gasteiger partial charge in [-0.15, -0.1) is 0 Å². The first-order valence-electron chi connectivity index (χ1n) is 10.2. The molecule has 3 aromatic rings. The monoisotopic (exact) mass is 503 g/mol. The van der Waals surface area contributed by atoms with E-state index in [2.05, 4.69) is 5.32 Å². The van der Waals surface area contributed by atoms with Gasteiger partial charge in [-0.3, -0.25) is 19.2 Å². The number of nitrogens with one attached hydrogen (secondary N) is 1. The fourth-order valence-electron chi connectivity index (χ4n) is 2.98. The molecule has 0 aliphatic rings. The fourth-order valence-corrected chi connectivity index (χ4v) is 4.60. The molecule has 0 aromatic heterocycles. The normalized spacial score (nSPS) is 11.0. The number of sulfonamides is 1. The molecule has 34 heavy (non-hydrogen) atoms. The quantitative estimate of drug-likeness (QED) is 0.254. The van der Waals surface area contributed by atoms with Crippen molar-refractivity contribution in [3.8, 4) is 5.75 Å². The zero-order valence-corrected chi connectivity index (χ0v) is 19.8. The Kier molecular flexibility index (Phi) is 8.08. The Morgan fingerprint density at radius 1 is 1.09 bits per heavy atom. The molecule has 0 saturated carbocycles. The third kappa shape index (κ3) is 6.24. The Labute approximate surface area is 202 Å². The van der Waals surface area contributed by atoms with Crippen molar-refractivity contribution in [2.45, 2.75) is 11.8 Å². The first-order chi connectivity index (χ1) is 16.2. The Morgan fingerprint density at radius 3 is 2.38 bits per heavy atom.